The van der Waals surface area contributed by atoms with Crippen molar-refractivity contribution in [2.24, 2.45) is 5.92 Å². The number of unbranched alkanes of at least 4 members (excludes halogenated alkanes) is 1. The van der Waals surface area contributed by atoms with Crippen LogP contribution in [0.15, 0.2) is 42.6 Å². The van der Waals surface area contributed by atoms with Gasteiger partial charge in [-0.05, 0) is 57.2 Å². The lowest BCUT2D eigenvalue weighted by Crippen LogP contribution is -2.57. The number of hydrogen-bond donors (Lipinski definition) is 4. The van der Waals surface area contributed by atoms with Crippen LogP contribution in [0.25, 0.3) is 10.9 Å². The summed E-state index contributed by atoms with van der Waals surface area (Å²) in [6.07, 6.45) is 3.32. The maximum absolute atomic E-state index is 13.9. The topological polar surface area (TPSA) is 165 Å². The van der Waals surface area contributed by atoms with Crippen molar-refractivity contribution in [2.75, 3.05) is 0 Å². The summed E-state index contributed by atoms with van der Waals surface area (Å²) in [6, 6.07) is 4.22. The SMILES string of the molecule is CCC/C=C/[C@@H]1CC(=O)N[C@H](Cc2cn(C(=O)OC(C)(C)C)c3ccccc23)C(=O)N[C@H](CC)C(=O)N[C@H](C(C)C)[C@@H](O)CC(=O)O1. The molecule has 5 atom stereocenters. The van der Waals surface area contributed by atoms with E-state index >= 15 is 0 Å². The summed E-state index contributed by atoms with van der Waals surface area (Å²) in [5, 5.41) is 19.9. The summed E-state index contributed by atoms with van der Waals surface area (Å²) in [7, 11) is 0. The Morgan fingerprint density at radius 2 is 1.72 bits per heavy atom. The molecule has 3 amide bonds. The molecule has 1 saturated heterocycles. The quantitative estimate of drug-likeness (QED) is 0.258. The van der Waals surface area contributed by atoms with E-state index in [0.717, 1.165) is 6.42 Å². The molecule has 0 unspecified atom stereocenters. The van der Waals surface area contributed by atoms with E-state index in [4.69, 9.17) is 9.47 Å². The van der Waals surface area contributed by atoms with Gasteiger partial charge in [-0.25, -0.2) is 4.79 Å². The van der Waals surface area contributed by atoms with E-state index in [-0.39, 0.29) is 25.2 Å². The van der Waals surface area contributed by atoms with Crippen LogP contribution >= 0.6 is 0 Å². The molecule has 3 rings (SSSR count). The van der Waals surface area contributed by atoms with Crippen LogP contribution in [0.4, 0.5) is 4.79 Å². The normalized spacial score (nSPS) is 23.9. The van der Waals surface area contributed by atoms with E-state index < -0.39 is 72.1 Å². The minimum absolute atomic E-state index is 0.0185. The molecule has 1 aliphatic heterocycles. The van der Waals surface area contributed by atoms with E-state index in [9.17, 15) is 29.1 Å². The molecule has 4 N–H and O–H groups in total. The number of cyclic esters (lactones) is 1. The minimum Gasteiger partial charge on any atom is -0.457 e. The van der Waals surface area contributed by atoms with Crippen molar-refractivity contribution in [3.05, 3.63) is 48.2 Å². The van der Waals surface area contributed by atoms with Gasteiger partial charge in [0.25, 0.3) is 0 Å². The summed E-state index contributed by atoms with van der Waals surface area (Å²) >= 11 is 0. The third-order valence-electron chi connectivity index (χ3n) is 7.79. The van der Waals surface area contributed by atoms with E-state index in [0.29, 0.717) is 22.9 Å². The molecule has 1 aromatic heterocycles. The molecule has 0 bridgehead atoms. The van der Waals surface area contributed by atoms with Gasteiger partial charge < -0.3 is 30.5 Å². The molecule has 2 heterocycles. The summed E-state index contributed by atoms with van der Waals surface area (Å²) in [5.41, 5.74) is 0.417. The first-order valence-corrected chi connectivity index (χ1v) is 16.4. The number of carbonyl (C=O) groups excluding carboxylic acids is 5. The maximum Gasteiger partial charge on any atom is 0.419 e. The van der Waals surface area contributed by atoms with Crippen molar-refractivity contribution in [1.29, 1.82) is 0 Å². The number of fused-ring (bicyclic) bond motifs is 1. The average Bonchev–Trinajstić information content (AvgIpc) is 3.35. The van der Waals surface area contributed by atoms with Crippen LogP contribution in [0.2, 0.25) is 0 Å². The van der Waals surface area contributed by atoms with Crippen molar-refractivity contribution in [1.82, 2.24) is 20.5 Å². The Morgan fingerprint density at radius 3 is 2.36 bits per heavy atom. The third-order valence-corrected chi connectivity index (χ3v) is 7.79. The van der Waals surface area contributed by atoms with Crippen molar-refractivity contribution < 1.29 is 38.6 Å². The van der Waals surface area contributed by atoms with Gasteiger partial charge in [-0.1, -0.05) is 58.4 Å². The number of rotatable bonds is 7. The van der Waals surface area contributed by atoms with Gasteiger partial charge in [0.2, 0.25) is 17.7 Å². The van der Waals surface area contributed by atoms with Gasteiger partial charge >= 0.3 is 12.1 Å². The molecule has 12 heteroatoms. The van der Waals surface area contributed by atoms with Gasteiger partial charge in [-0.15, -0.1) is 0 Å². The Labute approximate surface area is 276 Å². The second-order valence-corrected chi connectivity index (χ2v) is 13.3. The Kier molecular flexibility index (Phi) is 13.1. The van der Waals surface area contributed by atoms with Crippen LogP contribution in [0.1, 0.15) is 86.1 Å². The predicted octanol–water partition coefficient (Wildman–Crippen LogP) is 3.91. The van der Waals surface area contributed by atoms with Gasteiger partial charge in [-0.3, -0.25) is 23.7 Å². The highest BCUT2D eigenvalue weighted by Crippen LogP contribution is 2.24. The Morgan fingerprint density at radius 1 is 1.04 bits per heavy atom. The smallest absolute Gasteiger partial charge is 0.419 e. The molecule has 47 heavy (non-hydrogen) atoms. The van der Waals surface area contributed by atoms with Crippen molar-refractivity contribution in [3.63, 3.8) is 0 Å². The number of nitrogens with one attached hydrogen (secondary N) is 3. The Balaban J connectivity index is 2.03. The number of aromatic nitrogens is 1. The summed E-state index contributed by atoms with van der Waals surface area (Å²) < 4.78 is 12.6. The molecule has 1 aromatic carbocycles. The summed E-state index contributed by atoms with van der Waals surface area (Å²) in [5.74, 6) is -2.68. The fourth-order valence-corrected chi connectivity index (χ4v) is 5.42. The molecule has 0 spiro atoms. The zero-order valence-electron chi connectivity index (χ0n) is 28.5. The Bertz CT molecular complexity index is 1460. The van der Waals surface area contributed by atoms with Crippen LogP contribution in [-0.2, 0) is 35.1 Å². The number of aliphatic hydroxyl groups excluding tert-OH is 1. The largest absolute Gasteiger partial charge is 0.457 e. The lowest BCUT2D eigenvalue weighted by molar-refractivity contribution is -0.151. The summed E-state index contributed by atoms with van der Waals surface area (Å²) in [6.45, 7) is 12.6. The number of para-hydroxylation sites is 1. The lowest BCUT2D eigenvalue weighted by Gasteiger charge is -2.29. The van der Waals surface area contributed by atoms with Crippen LogP contribution in [0.5, 0.6) is 0 Å². The van der Waals surface area contributed by atoms with Crippen molar-refractivity contribution in [3.8, 4) is 0 Å². The number of benzene rings is 1. The molecule has 0 radical (unpaired) electrons. The molecule has 0 aliphatic carbocycles. The average molecular weight is 655 g/mol. The third kappa shape index (κ3) is 10.7. The molecule has 0 saturated carbocycles. The minimum atomic E-state index is -1.26. The number of hydrogen-bond acceptors (Lipinski definition) is 8. The van der Waals surface area contributed by atoms with Gasteiger partial charge in [0.1, 0.15) is 23.8 Å². The standard InChI is InChI=1S/C35H50N4O8/c1-8-10-11-14-23-18-29(41)36-26(17-22-20-39(34(45)47-35(5,6)7)27-16-13-12-15-24(22)27)33(44)37-25(9-2)32(43)38-31(21(3)4)28(40)19-30(42)46-23/h11-16,20-21,23,25-26,28,31,40H,8-10,17-19H2,1-7H3,(H,36,41)(H,37,44)(H,38,43)/b14-11+/t23-,25-,26-,28+,31-/m1/s1. The first-order valence-electron chi connectivity index (χ1n) is 16.4. The first kappa shape index (κ1) is 37.3. The second kappa shape index (κ2) is 16.6. The molecular formula is C35H50N4O8. The van der Waals surface area contributed by atoms with E-state index in [2.05, 4.69) is 16.0 Å². The highest BCUT2D eigenvalue weighted by atomic mass is 16.6. The lowest BCUT2D eigenvalue weighted by atomic mass is 9.95. The number of amides is 3. The number of aliphatic hydroxyl groups is 1. The fourth-order valence-electron chi connectivity index (χ4n) is 5.42. The fraction of sp³-hybridized carbons (Fsp3) is 0.571. The highest BCUT2D eigenvalue weighted by molar-refractivity contribution is 5.95. The molecule has 1 fully saturated rings. The van der Waals surface area contributed by atoms with Crippen LogP contribution in [-0.4, -0.2) is 75.4 Å². The number of carbonyl (C=O) groups is 5. The number of nitrogens with zero attached hydrogens (tertiary/aromatic N) is 1. The van der Waals surface area contributed by atoms with Gasteiger partial charge in [0.05, 0.1) is 30.5 Å². The molecule has 12 nitrogen and oxygen atoms in total. The van der Waals surface area contributed by atoms with E-state index in [1.165, 1.54) is 4.57 Å². The van der Waals surface area contributed by atoms with Crippen molar-refractivity contribution >= 4 is 40.7 Å². The first-order chi connectivity index (χ1) is 22.1. The maximum atomic E-state index is 13.9. The van der Waals surface area contributed by atoms with Gasteiger partial charge in [0, 0.05) is 18.0 Å². The van der Waals surface area contributed by atoms with Crippen LogP contribution in [0.3, 0.4) is 0 Å². The highest BCUT2D eigenvalue weighted by Gasteiger charge is 2.33. The van der Waals surface area contributed by atoms with Gasteiger partial charge in [0.15, 0.2) is 0 Å². The van der Waals surface area contributed by atoms with E-state index in [1.807, 2.05) is 19.1 Å². The van der Waals surface area contributed by atoms with Crippen molar-refractivity contribution in [2.45, 2.75) is 123 Å². The summed E-state index contributed by atoms with van der Waals surface area (Å²) in [4.78, 5) is 66.7. The van der Waals surface area contributed by atoms with Crippen LogP contribution < -0.4 is 16.0 Å². The Hall–Kier alpha value is -4.19. The molecule has 1 aliphatic rings. The van der Waals surface area contributed by atoms with E-state index in [1.54, 1.807) is 72.0 Å². The number of allylic oxidation sites excluding steroid dienone is 1. The molecule has 258 valence electrons. The number of esters is 1. The zero-order chi connectivity index (χ0) is 34.9. The van der Waals surface area contributed by atoms with Gasteiger partial charge in [-0.2, -0.15) is 0 Å². The second-order valence-electron chi connectivity index (χ2n) is 13.3. The number of ether oxygens (including phenoxy) is 2. The monoisotopic (exact) mass is 654 g/mol. The molecular weight excluding hydrogens is 604 g/mol. The zero-order valence-corrected chi connectivity index (χ0v) is 28.5. The van der Waals surface area contributed by atoms with Crippen LogP contribution in [0, 0.1) is 5.92 Å². The predicted molar refractivity (Wildman–Crippen MR) is 177 cm³/mol. The molecule has 2 aromatic rings.